The molecule has 1 aliphatic carbocycles. The first-order valence-corrected chi connectivity index (χ1v) is 5.51. The van der Waals surface area contributed by atoms with Crippen LogP contribution in [0, 0.1) is 11.7 Å². The molecule has 0 spiro atoms. The zero-order valence-electron chi connectivity index (χ0n) is 9.30. The molecule has 1 aliphatic rings. The number of carbonyl (C=O) groups is 1. The SMILES string of the molecule is NC1C=CC(C(=O)OCc2ccccc2F)C1. The van der Waals surface area contributed by atoms with Gasteiger partial charge in [-0.25, -0.2) is 4.39 Å². The summed E-state index contributed by atoms with van der Waals surface area (Å²) in [5.74, 6) is -1.01. The van der Waals surface area contributed by atoms with Crippen molar-refractivity contribution in [2.75, 3.05) is 0 Å². The van der Waals surface area contributed by atoms with Crippen LogP contribution >= 0.6 is 0 Å². The van der Waals surface area contributed by atoms with Crippen LogP contribution in [0.15, 0.2) is 36.4 Å². The zero-order chi connectivity index (χ0) is 12.3. The van der Waals surface area contributed by atoms with Crippen LogP contribution in [0.4, 0.5) is 4.39 Å². The Bertz CT molecular complexity index is 445. The van der Waals surface area contributed by atoms with Crippen molar-refractivity contribution < 1.29 is 13.9 Å². The summed E-state index contributed by atoms with van der Waals surface area (Å²) in [5.41, 5.74) is 6.02. The van der Waals surface area contributed by atoms with Gasteiger partial charge in [-0.1, -0.05) is 30.4 Å². The molecule has 0 radical (unpaired) electrons. The van der Waals surface area contributed by atoms with Crippen LogP contribution in [0.5, 0.6) is 0 Å². The number of esters is 1. The van der Waals surface area contributed by atoms with Crippen molar-refractivity contribution in [3.63, 3.8) is 0 Å². The predicted octanol–water partition coefficient (Wildman–Crippen LogP) is 1.77. The third kappa shape index (κ3) is 2.91. The average Bonchev–Trinajstić information content (AvgIpc) is 2.74. The van der Waals surface area contributed by atoms with E-state index in [4.69, 9.17) is 10.5 Å². The Morgan fingerprint density at radius 1 is 1.41 bits per heavy atom. The molecule has 2 atom stereocenters. The lowest BCUT2D eigenvalue weighted by Gasteiger charge is -2.10. The molecule has 2 rings (SSSR count). The van der Waals surface area contributed by atoms with Crippen LogP contribution in [-0.4, -0.2) is 12.0 Å². The van der Waals surface area contributed by atoms with Gasteiger partial charge in [0.05, 0.1) is 5.92 Å². The highest BCUT2D eigenvalue weighted by molar-refractivity contribution is 5.75. The van der Waals surface area contributed by atoms with Crippen molar-refractivity contribution in [1.82, 2.24) is 0 Å². The van der Waals surface area contributed by atoms with Crippen molar-refractivity contribution in [2.24, 2.45) is 11.7 Å². The summed E-state index contributed by atoms with van der Waals surface area (Å²) in [4.78, 5) is 11.6. The quantitative estimate of drug-likeness (QED) is 0.641. The van der Waals surface area contributed by atoms with E-state index in [1.54, 1.807) is 30.4 Å². The maximum Gasteiger partial charge on any atom is 0.313 e. The number of benzene rings is 1. The number of halogens is 1. The first-order valence-electron chi connectivity index (χ1n) is 5.51. The summed E-state index contributed by atoms with van der Waals surface area (Å²) in [5, 5.41) is 0. The molecule has 2 unspecified atom stereocenters. The Hall–Kier alpha value is -1.68. The Balaban J connectivity index is 1.89. The topological polar surface area (TPSA) is 52.3 Å². The molecule has 0 aromatic heterocycles. The number of nitrogens with two attached hydrogens (primary N) is 1. The van der Waals surface area contributed by atoms with Crippen molar-refractivity contribution in [3.8, 4) is 0 Å². The zero-order valence-corrected chi connectivity index (χ0v) is 9.30. The lowest BCUT2D eigenvalue weighted by atomic mass is 10.1. The van der Waals surface area contributed by atoms with Gasteiger partial charge in [-0.2, -0.15) is 0 Å². The van der Waals surface area contributed by atoms with E-state index in [1.807, 2.05) is 0 Å². The van der Waals surface area contributed by atoms with E-state index in [2.05, 4.69) is 0 Å². The van der Waals surface area contributed by atoms with Crippen LogP contribution in [0.1, 0.15) is 12.0 Å². The average molecular weight is 235 g/mol. The molecule has 0 fully saturated rings. The third-order valence-corrected chi connectivity index (χ3v) is 2.75. The van der Waals surface area contributed by atoms with Gasteiger partial charge in [-0.3, -0.25) is 4.79 Å². The van der Waals surface area contributed by atoms with Crippen LogP contribution in [0.2, 0.25) is 0 Å². The Labute approximate surface area is 99.1 Å². The fourth-order valence-corrected chi connectivity index (χ4v) is 1.77. The van der Waals surface area contributed by atoms with Crippen LogP contribution in [-0.2, 0) is 16.1 Å². The molecule has 0 amide bonds. The van der Waals surface area contributed by atoms with E-state index in [0.717, 1.165) is 0 Å². The molecule has 1 aromatic carbocycles. The van der Waals surface area contributed by atoms with Gasteiger partial charge in [0.15, 0.2) is 0 Å². The van der Waals surface area contributed by atoms with Gasteiger partial charge in [0.25, 0.3) is 0 Å². The lowest BCUT2D eigenvalue weighted by Crippen LogP contribution is -2.20. The molecule has 0 aliphatic heterocycles. The second-order valence-corrected chi connectivity index (χ2v) is 4.09. The van der Waals surface area contributed by atoms with Gasteiger partial charge in [-0.15, -0.1) is 0 Å². The van der Waals surface area contributed by atoms with E-state index in [0.29, 0.717) is 12.0 Å². The van der Waals surface area contributed by atoms with Gasteiger partial charge in [0.2, 0.25) is 0 Å². The minimum Gasteiger partial charge on any atom is -0.460 e. The summed E-state index contributed by atoms with van der Waals surface area (Å²) < 4.78 is 18.3. The molecule has 0 saturated carbocycles. The van der Waals surface area contributed by atoms with Crippen molar-refractivity contribution in [1.29, 1.82) is 0 Å². The van der Waals surface area contributed by atoms with Gasteiger partial charge < -0.3 is 10.5 Å². The summed E-state index contributed by atoms with van der Waals surface area (Å²) in [6.45, 7) is -0.0366. The monoisotopic (exact) mass is 235 g/mol. The van der Waals surface area contributed by atoms with Crippen molar-refractivity contribution in [2.45, 2.75) is 19.1 Å². The van der Waals surface area contributed by atoms with Crippen LogP contribution in [0.3, 0.4) is 0 Å². The number of ether oxygens (including phenoxy) is 1. The molecular formula is C13H14FNO2. The lowest BCUT2D eigenvalue weighted by molar-refractivity contribution is -0.148. The summed E-state index contributed by atoms with van der Waals surface area (Å²) >= 11 is 0. The highest BCUT2D eigenvalue weighted by atomic mass is 19.1. The van der Waals surface area contributed by atoms with Crippen molar-refractivity contribution >= 4 is 5.97 Å². The Morgan fingerprint density at radius 3 is 2.82 bits per heavy atom. The molecular weight excluding hydrogens is 221 g/mol. The number of carbonyl (C=O) groups excluding carboxylic acids is 1. The van der Waals surface area contributed by atoms with Crippen LogP contribution in [0.25, 0.3) is 0 Å². The van der Waals surface area contributed by atoms with E-state index in [1.165, 1.54) is 6.07 Å². The van der Waals surface area contributed by atoms with Gasteiger partial charge in [0.1, 0.15) is 12.4 Å². The van der Waals surface area contributed by atoms with Crippen LogP contribution < -0.4 is 5.73 Å². The van der Waals surface area contributed by atoms with E-state index < -0.39 is 0 Å². The molecule has 1 aromatic rings. The Kier molecular flexibility index (Phi) is 3.54. The summed E-state index contributed by atoms with van der Waals surface area (Å²) in [6.07, 6.45) is 4.10. The number of hydrogen-bond acceptors (Lipinski definition) is 3. The maximum atomic E-state index is 13.3. The highest BCUT2D eigenvalue weighted by Gasteiger charge is 2.24. The number of rotatable bonds is 3. The molecule has 3 nitrogen and oxygen atoms in total. The van der Waals surface area contributed by atoms with E-state index in [9.17, 15) is 9.18 Å². The van der Waals surface area contributed by atoms with Crippen molar-refractivity contribution in [3.05, 3.63) is 47.8 Å². The second kappa shape index (κ2) is 5.10. The maximum absolute atomic E-state index is 13.3. The fourth-order valence-electron chi connectivity index (χ4n) is 1.77. The molecule has 4 heteroatoms. The van der Waals surface area contributed by atoms with Gasteiger partial charge in [-0.05, 0) is 12.5 Å². The van der Waals surface area contributed by atoms with E-state index >= 15 is 0 Å². The minimum absolute atomic E-state index is 0.0366. The van der Waals surface area contributed by atoms with Gasteiger partial charge >= 0.3 is 5.97 Å². The molecule has 0 saturated heterocycles. The molecule has 0 bridgehead atoms. The third-order valence-electron chi connectivity index (χ3n) is 2.75. The summed E-state index contributed by atoms with van der Waals surface area (Å²) in [7, 11) is 0. The normalized spacial score (nSPS) is 22.7. The second-order valence-electron chi connectivity index (χ2n) is 4.09. The standard InChI is InChI=1S/C13H14FNO2/c14-12-4-2-1-3-10(12)8-17-13(16)9-5-6-11(15)7-9/h1-6,9,11H,7-8,15H2. The molecule has 17 heavy (non-hydrogen) atoms. The predicted molar refractivity (Wildman–Crippen MR) is 61.4 cm³/mol. The molecule has 2 N–H and O–H groups in total. The minimum atomic E-state index is -0.362. The largest absolute Gasteiger partial charge is 0.460 e. The molecule has 0 heterocycles. The smallest absolute Gasteiger partial charge is 0.313 e. The van der Waals surface area contributed by atoms with Gasteiger partial charge in [0, 0.05) is 11.6 Å². The highest BCUT2D eigenvalue weighted by Crippen LogP contribution is 2.18. The molecule has 90 valence electrons. The first kappa shape index (κ1) is 11.8. The first-order chi connectivity index (χ1) is 8.16. The fraction of sp³-hybridized carbons (Fsp3) is 0.308. The van der Waals surface area contributed by atoms with E-state index in [-0.39, 0.29) is 30.4 Å². The number of hydrogen-bond donors (Lipinski definition) is 1. The Morgan fingerprint density at radius 2 is 2.18 bits per heavy atom. The summed E-state index contributed by atoms with van der Waals surface area (Å²) in [6, 6.07) is 6.16.